The molecule has 0 aromatic heterocycles. The number of nitrogens with one attached hydrogen (secondary N) is 1. The molecule has 4 N–H and O–H groups in total. The molecule has 0 saturated carbocycles. The topological polar surface area (TPSA) is 223 Å². The molecule has 16 nitrogen and oxygen atoms in total. The Hall–Kier alpha value is -2.89. The first kappa shape index (κ1) is 31.3. The summed E-state index contributed by atoms with van der Waals surface area (Å²) in [5, 5.41) is 33.2. The molecule has 0 aliphatic carbocycles. The second-order valence-electron chi connectivity index (χ2n) is 8.63. The molecule has 38 heavy (non-hydrogen) atoms. The van der Waals surface area contributed by atoms with Crippen LogP contribution in [0.5, 0.6) is 0 Å². The third-order valence-electron chi connectivity index (χ3n) is 5.48. The molecule has 2 saturated heterocycles. The number of ether oxygens (including phenoxy) is 7. The zero-order valence-corrected chi connectivity index (χ0v) is 21.4. The van der Waals surface area contributed by atoms with E-state index in [-0.39, 0.29) is 0 Å². The third-order valence-corrected chi connectivity index (χ3v) is 5.48. The van der Waals surface area contributed by atoms with Crippen LogP contribution in [0, 0.1) is 0 Å². The van der Waals surface area contributed by atoms with Gasteiger partial charge in [0.1, 0.15) is 37.1 Å². The maximum atomic E-state index is 12.0. The van der Waals surface area contributed by atoms with E-state index in [2.05, 4.69) is 5.32 Å². The average molecular weight is 551 g/mol. The maximum absolute atomic E-state index is 12.0. The predicted molar refractivity (Wildman–Crippen MR) is 118 cm³/mol. The molecule has 0 aromatic rings. The average Bonchev–Trinajstić information content (AvgIpc) is 2.79. The van der Waals surface area contributed by atoms with E-state index in [1.165, 1.54) is 0 Å². The van der Waals surface area contributed by atoms with Crippen molar-refractivity contribution in [3.8, 4) is 0 Å². The van der Waals surface area contributed by atoms with Gasteiger partial charge in [-0.05, 0) is 0 Å². The Morgan fingerprint density at radius 1 is 0.737 bits per heavy atom. The lowest BCUT2D eigenvalue weighted by atomic mass is 9.95. The second-order valence-corrected chi connectivity index (χ2v) is 8.63. The molecule has 10 atom stereocenters. The minimum absolute atomic E-state index is 0.522. The molecule has 1 amide bonds. The van der Waals surface area contributed by atoms with Crippen LogP contribution >= 0.6 is 0 Å². The highest BCUT2D eigenvalue weighted by Gasteiger charge is 2.55. The van der Waals surface area contributed by atoms with E-state index >= 15 is 0 Å². The first-order valence-corrected chi connectivity index (χ1v) is 11.6. The van der Waals surface area contributed by atoms with Gasteiger partial charge in [0.25, 0.3) is 0 Å². The summed E-state index contributed by atoms with van der Waals surface area (Å²) in [5.74, 6) is -3.93. The van der Waals surface area contributed by atoms with Crippen molar-refractivity contribution in [3.05, 3.63) is 0 Å². The molecule has 0 aromatic carbocycles. The lowest BCUT2D eigenvalue weighted by molar-refractivity contribution is -0.347. The summed E-state index contributed by atoms with van der Waals surface area (Å²) < 4.78 is 37.8. The summed E-state index contributed by atoms with van der Waals surface area (Å²) in [7, 11) is 0. The molecule has 0 bridgehead atoms. The van der Waals surface area contributed by atoms with Crippen molar-refractivity contribution in [3.63, 3.8) is 0 Å². The third kappa shape index (κ3) is 8.31. The van der Waals surface area contributed by atoms with E-state index in [9.17, 15) is 39.3 Å². The number of amides is 1. The van der Waals surface area contributed by atoms with Crippen LogP contribution in [0.3, 0.4) is 0 Å². The first-order chi connectivity index (χ1) is 17.7. The highest BCUT2D eigenvalue weighted by molar-refractivity contribution is 5.73. The summed E-state index contributed by atoms with van der Waals surface area (Å²) >= 11 is 0. The number of carbonyl (C=O) groups excluding carboxylic acids is 5. The number of hydrogen-bond donors (Lipinski definition) is 4. The molecule has 2 heterocycles. The van der Waals surface area contributed by atoms with E-state index in [0.717, 1.165) is 34.6 Å². The van der Waals surface area contributed by atoms with Crippen LogP contribution in [-0.2, 0) is 57.1 Å². The monoisotopic (exact) mass is 551 g/mol. The minimum atomic E-state index is -1.75. The van der Waals surface area contributed by atoms with Gasteiger partial charge in [-0.2, -0.15) is 0 Å². The number of aliphatic hydroxyl groups is 3. The molecule has 2 rings (SSSR count). The van der Waals surface area contributed by atoms with Crippen LogP contribution in [0.25, 0.3) is 0 Å². The van der Waals surface area contributed by atoms with Gasteiger partial charge in [0.05, 0.1) is 6.61 Å². The predicted octanol–water partition coefficient (Wildman–Crippen LogP) is -2.97. The SMILES string of the molecule is CC(=O)N[C@H]1C(O)O[C@H](COC(C)=O)[C@@H](O[C@@H]2O[C@H](CO)[C@H](O)[C@H](OC(C)=O)[C@H]2OC(C)=O)[C@@H]1OC(C)=O. The lowest BCUT2D eigenvalue weighted by Gasteiger charge is -2.48. The fraction of sp³-hybridized carbons (Fsp3) is 0.773. The highest BCUT2D eigenvalue weighted by atomic mass is 16.7. The van der Waals surface area contributed by atoms with Gasteiger partial charge in [0, 0.05) is 34.6 Å². The molecular weight excluding hydrogens is 518 g/mol. The number of aliphatic hydroxyl groups excluding tert-OH is 3. The van der Waals surface area contributed by atoms with Gasteiger partial charge in [-0.15, -0.1) is 0 Å². The number of rotatable bonds is 9. The Morgan fingerprint density at radius 2 is 1.29 bits per heavy atom. The van der Waals surface area contributed by atoms with Gasteiger partial charge < -0.3 is 53.8 Å². The summed E-state index contributed by atoms with van der Waals surface area (Å²) in [6.45, 7) is 4.07. The van der Waals surface area contributed by atoms with Crippen LogP contribution in [0.1, 0.15) is 34.6 Å². The van der Waals surface area contributed by atoms with Crippen molar-refractivity contribution in [2.45, 2.75) is 96.0 Å². The molecule has 0 radical (unpaired) electrons. The summed E-state index contributed by atoms with van der Waals surface area (Å²) in [6.07, 6.45) is -13.9. The molecule has 2 fully saturated rings. The van der Waals surface area contributed by atoms with Crippen molar-refractivity contribution < 1.29 is 72.5 Å². The molecule has 2 aliphatic heterocycles. The second kappa shape index (κ2) is 13.8. The van der Waals surface area contributed by atoms with Crippen molar-refractivity contribution in [2.75, 3.05) is 13.2 Å². The highest BCUT2D eigenvalue weighted by Crippen LogP contribution is 2.32. The smallest absolute Gasteiger partial charge is 0.303 e. The number of esters is 4. The van der Waals surface area contributed by atoms with E-state index in [1.54, 1.807) is 0 Å². The summed E-state index contributed by atoms with van der Waals surface area (Å²) in [4.78, 5) is 58.8. The van der Waals surface area contributed by atoms with Crippen LogP contribution in [0.4, 0.5) is 0 Å². The molecular formula is C22H33NO15. The molecule has 0 spiro atoms. The summed E-state index contributed by atoms with van der Waals surface area (Å²) in [6, 6.07) is -1.38. The zero-order chi connectivity index (χ0) is 28.7. The lowest BCUT2D eigenvalue weighted by Crippen LogP contribution is -2.68. The van der Waals surface area contributed by atoms with Crippen LogP contribution in [0.15, 0.2) is 0 Å². The molecule has 2 aliphatic rings. The van der Waals surface area contributed by atoms with Crippen molar-refractivity contribution in [1.29, 1.82) is 0 Å². The normalized spacial score (nSPS) is 34.9. The number of hydrogen-bond acceptors (Lipinski definition) is 15. The Morgan fingerprint density at radius 3 is 1.79 bits per heavy atom. The Kier molecular flexibility index (Phi) is 11.4. The number of carbonyl (C=O) groups is 5. The molecule has 16 heteroatoms. The van der Waals surface area contributed by atoms with Crippen molar-refractivity contribution in [2.24, 2.45) is 0 Å². The first-order valence-electron chi connectivity index (χ1n) is 11.6. The van der Waals surface area contributed by atoms with Crippen LogP contribution in [0.2, 0.25) is 0 Å². The van der Waals surface area contributed by atoms with E-state index in [0.29, 0.717) is 0 Å². The Balaban J connectivity index is 2.54. The zero-order valence-electron chi connectivity index (χ0n) is 21.4. The summed E-state index contributed by atoms with van der Waals surface area (Å²) in [5.41, 5.74) is 0. The van der Waals surface area contributed by atoms with Gasteiger partial charge >= 0.3 is 23.9 Å². The van der Waals surface area contributed by atoms with Gasteiger partial charge in [-0.25, -0.2) is 0 Å². The largest absolute Gasteiger partial charge is 0.463 e. The standard InChI is InChI=1S/C22H33NO15/c1-8(25)23-15-18(33-10(3)27)17(14(36-21(15)31)7-32-9(2)26)38-22-20(35-12(5)29)19(34-11(4)28)16(30)13(6-24)37-22/h13-22,24,30-31H,6-7H2,1-5H3,(H,23,25)/t13-,14-,15-,16+,17-,18-,19+,20-,21?,22+/m1/s1. The van der Waals surface area contributed by atoms with Crippen LogP contribution in [-0.4, -0.2) is 120 Å². The maximum Gasteiger partial charge on any atom is 0.303 e. The van der Waals surface area contributed by atoms with Crippen molar-refractivity contribution in [1.82, 2.24) is 5.32 Å². The Labute approximate surface area is 217 Å². The van der Waals surface area contributed by atoms with E-state index < -0.39 is 104 Å². The van der Waals surface area contributed by atoms with Gasteiger partial charge in [0.2, 0.25) is 5.91 Å². The van der Waals surface area contributed by atoms with E-state index in [1.807, 2.05) is 0 Å². The molecule has 216 valence electrons. The van der Waals surface area contributed by atoms with Gasteiger partial charge in [-0.3, -0.25) is 24.0 Å². The fourth-order valence-electron chi connectivity index (χ4n) is 4.09. The minimum Gasteiger partial charge on any atom is -0.463 e. The van der Waals surface area contributed by atoms with Crippen LogP contribution < -0.4 is 5.32 Å². The van der Waals surface area contributed by atoms with Crippen molar-refractivity contribution >= 4 is 29.8 Å². The molecule has 1 unspecified atom stereocenters. The van der Waals surface area contributed by atoms with Gasteiger partial charge in [-0.1, -0.05) is 0 Å². The fourth-order valence-corrected chi connectivity index (χ4v) is 4.09. The van der Waals surface area contributed by atoms with Gasteiger partial charge in [0.15, 0.2) is 30.9 Å². The quantitative estimate of drug-likeness (QED) is 0.166. The van der Waals surface area contributed by atoms with E-state index in [4.69, 9.17) is 33.2 Å². The Bertz CT molecular complexity index is 881.